The molecule has 0 radical (unpaired) electrons. The first-order valence-corrected chi connectivity index (χ1v) is 9.41. The number of hydrogen-bond donors (Lipinski definition) is 3. The Kier molecular flexibility index (Phi) is 4.14. The van der Waals surface area contributed by atoms with Gasteiger partial charge in [-0.25, -0.2) is 14.5 Å². The predicted octanol–water partition coefficient (Wildman–Crippen LogP) is 2.66. The molecule has 0 fully saturated rings. The van der Waals surface area contributed by atoms with E-state index in [4.69, 9.17) is 15.7 Å². The normalized spacial score (nSPS) is 13.4. The van der Waals surface area contributed by atoms with Crippen LogP contribution in [-0.2, 0) is 19.5 Å². The van der Waals surface area contributed by atoms with E-state index in [1.807, 2.05) is 47.0 Å². The Hall–Kier alpha value is -3.45. The van der Waals surface area contributed by atoms with Gasteiger partial charge in [0.25, 0.3) is 0 Å². The first-order valence-electron chi connectivity index (χ1n) is 9.41. The Bertz CT molecular complexity index is 1130. The summed E-state index contributed by atoms with van der Waals surface area (Å²) >= 11 is 0. The van der Waals surface area contributed by atoms with Crippen LogP contribution in [0, 0.1) is 0 Å². The second-order valence-corrected chi connectivity index (χ2v) is 6.86. The number of fused-ring (bicyclic) bond motifs is 2. The predicted molar refractivity (Wildman–Crippen MR) is 110 cm³/mol. The fourth-order valence-corrected chi connectivity index (χ4v) is 3.63. The average molecular weight is 371 g/mol. The summed E-state index contributed by atoms with van der Waals surface area (Å²) in [6.45, 7) is 2.35. The summed E-state index contributed by atoms with van der Waals surface area (Å²) in [6, 6.07) is 18.1. The zero-order valence-electron chi connectivity index (χ0n) is 15.4. The number of benzene rings is 2. The van der Waals surface area contributed by atoms with Crippen LogP contribution in [0.1, 0.15) is 16.8 Å². The summed E-state index contributed by atoms with van der Waals surface area (Å²) in [7, 11) is 0. The minimum Gasteiger partial charge on any atom is -0.369 e. The molecule has 4 aromatic rings. The van der Waals surface area contributed by atoms with Crippen molar-refractivity contribution in [2.45, 2.75) is 19.5 Å². The summed E-state index contributed by atoms with van der Waals surface area (Å²) in [6.07, 6.45) is 0.896. The van der Waals surface area contributed by atoms with E-state index in [9.17, 15) is 0 Å². The number of hydrogen-bond acceptors (Lipinski definition) is 6. The molecular formula is C21H21N7. The first kappa shape index (κ1) is 16.7. The minimum absolute atomic E-state index is 0.388. The van der Waals surface area contributed by atoms with Crippen molar-refractivity contribution in [3.8, 4) is 5.95 Å². The van der Waals surface area contributed by atoms with E-state index in [-0.39, 0.29) is 0 Å². The Morgan fingerprint density at radius 1 is 1.00 bits per heavy atom. The second kappa shape index (κ2) is 6.94. The molecule has 0 amide bonds. The average Bonchev–Trinajstić information content (AvgIpc) is 3.08. The van der Waals surface area contributed by atoms with Crippen molar-refractivity contribution >= 4 is 22.8 Å². The number of anilines is 2. The number of rotatable bonds is 4. The van der Waals surface area contributed by atoms with Crippen LogP contribution in [0.15, 0.2) is 54.6 Å². The lowest BCUT2D eigenvalue weighted by atomic mass is 10.1. The summed E-state index contributed by atoms with van der Waals surface area (Å²) < 4.78 is 1.82. The van der Waals surface area contributed by atoms with Crippen LogP contribution in [0.3, 0.4) is 0 Å². The second-order valence-electron chi connectivity index (χ2n) is 6.86. The van der Waals surface area contributed by atoms with E-state index >= 15 is 0 Å². The fourth-order valence-electron chi connectivity index (χ4n) is 3.63. The van der Waals surface area contributed by atoms with Gasteiger partial charge in [-0.1, -0.05) is 42.5 Å². The van der Waals surface area contributed by atoms with Crippen molar-refractivity contribution in [3.63, 3.8) is 0 Å². The van der Waals surface area contributed by atoms with Crippen molar-refractivity contribution in [3.05, 3.63) is 71.4 Å². The van der Waals surface area contributed by atoms with Gasteiger partial charge < -0.3 is 16.4 Å². The summed E-state index contributed by atoms with van der Waals surface area (Å²) in [5, 5.41) is 6.90. The van der Waals surface area contributed by atoms with Gasteiger partial charge in [0.05, 0.1) is 16.7 Å². The van der Waals surface area contributed by atoms with Gasteiger partial charge in [-0.15, -0.1) is 0 Å². The van der Waals surface area contributed by atoms with Crippen LogP contribution in [0.25, 0.3) is 17.0 Å². The molecule has 5 rings (SSSR count). The number of nitrogens with one attached hydrogen (secondary N) is 2. The van der Waals surface area contributed by atoms with Gasteiger partial charge in [0.15, 0.2) is 0 Å². The van der Waals surface area contributed by atoms with Crippen molar-refractivity contribution in [2.75, 3.05) is 17.6 Å². The third-order valence-electron chi connectivity index (χ3n) is 5.01. The zero-order chi connectivity index (χ0) is 18.9. The Balaban J connectivity index is 1.60. The number of nitrogens with two attached hydrogens (primary N) is 1. The number of para-hydroxylation sites is 2. The van der Waals surface area contributed by atoms with Crippen molar-refractivity contribution in [1.82, 2.24) is 24.8 Å². The first-order chi connectivity index (χ1) is 13.8. The lowest BCUT2D eigenvalue weighted by Gasteiger charge is -2.21. The van der Waals surface area contributed by atoms with Gasteiger partial charge in [0.2, 0.25) is 11.9 Å². The van der Waals surface area contributed by atoms with E-state index < -0.39 is 0 Å². The fraction of sp³-hybridized carbons (Fsp3) is 0.190. The molecule has 1 aliphatic heterocycles. The van der Waals surface area contributed by atoms with Crippen LogP contribution in [0.2, 0.25) is 0 Å². The maximum atomic E-state index is 6.21. The molecule has 0 bridgehead atoms. The van der Waals surface area contributed by atoms with Crippen molar-refractivity contribution < 1.29 is 0 Å². The van der Waals surface area contributed by atoms with Gasteiger partial charge in [-0.3, -0.25) is 0 Å². The van der Waals surface area contributed by atoms with Crippen LogP contribution in [-0.4, -0.2) is 26.1 Å². The van der Waals surface area contributed by atoms with Gasteiger partial charge in [-0.2, -0.15) is 4.98 Å². The number of aromatic nitrogens is 4. The maximum Gasteiger partial charge on any atom is 0.239 e. The van der Waals surface area contributed by atoms with E-state index in [2.05, 4.69) is 27.8 Å². The quantitative estimate of drug-likeness (QED) is 0.511. The number of nitrogen functional groups attached to an aromatic ring is 1. The third kappa shape index (κ3) is 2.95. The van der Waals surface area contributed by atoms with Crippen LogP contribution in [0.4, 0.5) is 11.8 Å². The lowest BCUT2D eigenvalue weighted by molar-refractivity contribution is 0.621. The highest BCUT2D eigenvalue weighted by atomic mass is 15.3. The molecule has 4 N–H and O–H groups in total. The number of imidazole rings is 1. The summed E-state index contributed by atoms with van der Waals surface area (Å²) in [5.41, 5.74) is 11.3. The molecule has 0 spiro atoms. The Labute approximate surface area is 162 Å². The van der Waals surface area contributed by atoms with Crippen molar-refractivity contribution in [2.24, 2.45) is 0 Å². The molecule has 1 aliphatic rings. The smallest absolute Gasteiger partial charge is 0.239 e. The molecule has 7 nitrogen and oxygen atoms in total. The van der Waals surface area contributed by atoms with E-state index in [1.165, 1.54) is 11.1 Å². The van der Waals surface area contributed by atoms with Gasteiger partial charge >= 0.3 is 0 Å². The van der Waals surface area contributed by atoms with E-state index in [0.29, 0.717) is 18.4 Å². The molecule has 0 aliphatic carbocycles. The summed E-state index contributed by atoms with van der Waals surface area (Å²) in [4.78, 5) is 14.1. The highest BCUT2D eigenvalue weighted by Crippen LogP contribution is 2.26. The van der Waals surface area contributed by atoms with Gasteiger partial charge in [0.1, 0.15) is 5.82 Å². The minimum atomic E-state index is 0.388. The van der Waals surface area contributed by atoms with Crippen LogP contribution in [0.5, 0.6) is 0 Å². The molecule has 28 heavy (non-hydrogen) atoms. The highest BCUT2D eigenvalue weighted by Gasteiger charge is 2.20. The van der Waals surface area contributed by atoms with Crippen LogP contribution < -0.4 is 16.4 Å². The Morgan fingerprint density at radius 3 is 2.71 bits per heavy atom. The SMILES string of the molecule is Nc1nc2ccccc2n1-c1nc2c(c(NCc3ccccc3)n1)CCNC2. The lowest BCUT2D eigenvalue weighted by Crippen LogP contribution is -2.27. The highest BCUT2D eigenvalue weighted by molar-refractivity contribution is 5.80. The van der Waals surface area contributed by atoms with Gasteiger partial charge in [-0.05, 0) is 30.7 Å². The topological polar surface area (TPSA) is 93.7 Å². The monoisotopic (exact) mass is 371 g/mol. The van der Waals surface area contributed by atoms with Crippen LogP contribution >= 0.6 is 0 Å². The van der Waals surface area contributed by atoms with Crippen molar-refractivity contribution in [1.29, 1.82) is 0 Å². The molecule has 7 heteroatoms. The molecule has 2 aromatic carbocycles. The molecule has 3 heterocycles. The molecule has 140 valence electrons. The maximum absolute atomic E-state index is 6.21. The standard InChI is InChI=1S/C21H21N7/c22-20-25-16-8-4-5-9-18(16)28(20)21-26-17-13-23-11-10-15(17)19(27-21)24-12-14-6-2-1-3-7-14/h1-9,23H,10-13H2,(H2,22,25)(H,24,26,27). The number of nitrogens with zero attached hydrogens (tertiary/aromatic N) is 4. The van der Waals surface area contributed by atoms with Gasteiger partial charge in [0, 0.05) is 18.7 Å². The molecular weight excluding hydrogens is 350 g/mol. The molecule has 2 aromatic heterocycles. The Morgan fingerprint density at radius 2 is 1.82 bits per heavy atom. The van der Waals surface area contributed by atoms with E-state index in [0.717, 1.165) is 42.1 Å². The third-order valence-corrected chi connectivity index (χ3v) is 5.01. The van der Waals surface area contributed by atoms with E-state index in [1.54, 1.807) is 0 Å². The molecule has 0 unspecified atom stereocenters. The molecule has 0 atom stereocenters. The molecule has 0 saturated heterocycles. The largest absolute Gasteiger partial charge is 0.369 e. The zero-order valence-corrected chi connectivity index (χ0v) is 15.4. The summed E-state index contributed by atoms with van der Waals surface area (Å²) in [5.74, 6) is 1.80. The molecule has 0 saturated carbocycles.